The van der Waals surface area contributed by atoms with Gasteiger partial charge in [0.05, 0.1) is 11.0 Å². The summed E-state index contributed by atoms with van der Waals surface area (Å²) >= 11 is 0. The molecule has 0 aliphatic heterocycles. The number of aliphatic carboxylic acids is 1. The first kappa shape index (κ1) is 32.7. The first-order chi connectivity index (χ1) is 20.8. The first-order valence-corrected chi connectivity index (χ1v) is 16.0. The lowest BCUT2D eigenvalue weighted by Gasteiger charge is -2.28. The number of aliphatic hydroxyl groups is 1. The Balaban J connectivity index is 1.34. The largest absolute Gasteiger partial charge is 0.480 e. The third-order valence-electron chi connectivity index (χ3n) is 7.58. The molecular formula is C33H40N4O6S. The SMILES string of the molecule is CC(C)C(NC(=O)c1ccc2c(ccn2CCC(C)(C)NCC(O)c2cccc(NS(=O)(=O)c3ccccc3)c2)c1)C(=O)O. The molecule has 10 nitrogen and oxygen atoms in total. The van der Waals surface area contributed by atoms with Crippen LogP contribution < -0.4 is 15.4 Å². The number of amides is 1. The van der Waals surface area contributed by atoms with Gasteiger partial charge in [-0.3, -0.25) is 9.52 Å². The van der Waals surface area contributed by atoms with Crippen LogP contribution in [-0.2, 0) is 21.4 Å². The Morgan fingerprint density at radius 1 is 0.955 bits per heavy atom. The van der Waals surface area contributed by atoms with E-state index in [1.54, 1.807) is 68.4 Å². The number of nitrogens with zero attached hydrogens (tertiary/aromatic N) is 1. The number of fused-ring (bicyclic) bond motifs is 1. The molecule has 234 valence electrons. The topological polar surface area (TPSA) is 150 Å². The smallest absolute Gasteiger partial charge is 0.326 e. The molecule has 1 amide bonds. The maximum Gasteiger partial charge on any atom is 0.326 e. The van der Waals surface area contributed by atoms with Crippen molar-refractivity contribution in [2.45, 2.75) is 63.2 Å². The van der Waals surface area contributed by atoms with Gasteiger partial charge in [0, 0.05) is 47.0 Å². The molecule has 0 saturated carbocycles. The van der Waals surface area contributed by atoms with E-state index < -0.39 is 34.0 Å². The van der Waals surface area contributed by atoms with Crippen molar-refractivity contribution in [3.05, 3.63) is 96.2 Å². The van der Waals surface area contributed by atoms with E-state index in [9.17, 15) is 28.2 Å². The third kappa shape index (κ3) is 8.25. The molecule has 1 aromatic heterocycles. The van der Waals surface area contributed by atoms with Gasteiger partial charge in [0.15, 0.2) is 0 Å². The second-order valence-corrected chi connectivity index (χ2v) is 13.6. The molecule has 44 heavy (non-hydrogen) atoms. The Kier molecular flexibility index (Phi) is 10.1. The monoisotopic (exact) mass is 620 g/mol. The minimum absolute atomic E-state index is 0.159. The lowest BCUT2D eigenvalue weighted by atomic mass is 9.99. The predicted octanol–water partition coefficient (Wildman–Crippen LogP) is 4.77. The van der Waals surface area contributed by atoms with Crippen LogP contribution in [0.4, 0.5) is 5.69 Å². The van der Waals surface area contributed by atoms with Gasteiger partial charge in [-0.2, -0.15) is 0 Å². The van der Waals surface area contributed by atoms with Crippen LogP contribution >= 0.6 is 0 Å². The van der Waals surface area contributed by atoms with E-state index in [4.69, 9.17) is 0 Å². The fourth-order valence-electron chi connectivity index (χ4n) is 4.88. The molecule has 2 atom stereocenters. The number of sulfonamides is 1. The number of carboxylic acids is 1. The summed E-state index contributed by atoms with van der Waals surface area (Å²) in [5, 5.41) is 27.2. The normalized spacial score (nSPS) is 13.5. The maximum atomic E-state index is 12.7. The molecule has 0 saturated heterocycles. The molecule has 0 spiro atoms. The Morgan fingerprint density at radius 2 is 1.68 bits per heavy atom. The minimum Gasteiger partial charge on any atom is -0.480 e. The summed E-state index contributed by atoms with van der Waals surface area (Å²) in [6.07, 6.45) is 1.83. The average Bonchev–Trinajstić information content (AvgIpc) is 3.40. The number of hydrogen-bond acceptors (Lipinski definition) is 6. The number of hydrogen-bond donors (Lipinski definition) is 5. The lowest BCUT2D eigenvalue weighted by molar-refractivity contribution is -0.140. The number of nitrogens with one attached hydrogen (secondary N) is 3. The fraction of sp³-hybridized carbons (Fsp3) is 0.333. The van der Waals surface area contributed by atoms with Crippen molar-refractivity contribution in [2.24, 2.45) is 5.92 Å². The molecule has 0 aliphatic rings. The van der Waals surface area contributed by atoms with Gasteiger partial charge >= 0.3 is 5.97 Å². The van der Waals surface area contributed by atoms with Crippen LogP contribution in [0.2, 0.25) is 0 Å². The molecule has 1 heterocycles. The molecule has 4 aromatic rings. The molecule has 5 N–H and O–H groups in total. The van der Waals surface area contributed by atoms with Crippen molar-refractivity contribution in [1.29, 1.82) is 0 Å². The number of β-amino-alcohol motifs (C(OH)–C–C–N with tert-alkyl or cyclic N) is 1. The van der Waals surface area contributed by atoms with Crippen LogP contribution in [0.25, 0.3) is 10.9 Å². The quantitative estimate of drug-likeness (QED) is 0.136. The van der Waals surface area contributed by atoms with Gasteiger partial charge in [-0.1, -0.05) is 44.2 Å². The van der Waals surface area contributed by atoms with Gasteiger partial charge < -0.3 is 25.4 Å². The number of rotatable bonds is 14. The van der Waals surface area contributed by atoms with E-state index in [2.05, 4.69) is 19.9 Å². The van der Waals surface area contributed by atoms with E-state index in [-0.39, 0.29) is 22.9 Å². The summed E-state index contributed by atoms with van der Waals surface area (Å²) in [4.78, 5) is 24.3. The Hall–Kier alpha value is -4.19. The van der Waals surface area contributed by atoms with E-state index >= 15 is 0 Å². The predicted molar refractivity (Wildman–Crippen MR) is 171 cm³/mol. The van der Waals surface area contributed by atoms with E-state index in [1.165, 1.54) is 12.1 Å². The number of anilines is 1. The van der Waals surface area contributed by atoms with E-state index in [1.807, 2.05) is 32.2 Å². The van der Waals surface area contributed by atoms with Crippen LogP contribution in [-0.4, -0.2) is 53.2 Å². The molecule has 0 radical (unpaired) electrons. The highest BCUT2D eigenvalue weighted by atomic mass is 32.2. The second kappa shape index (κ2) is 13.6. The zero-order valence-corrected chi connectivity index (χ0v) is 26.1. The number of carbonyl (C=O) groups is 2. The van der Waals surface area contributed by atoms with Gasteiger partial charge in [-0.25, -0.2) is 13.2 Å². The highest BCUT2D eigenvalue weighted by molar-refractivity contribution is 7.92. The first-order valence-electron chi connectivity index (χ1n) is 14.5. The average molecular weight is 621 g/mol. The molecule has 11 heteroatoms. The highest BCUT2D eigenvalue weighted by Crippen LogP contribution is 2.23. The Bertz CT molecular complexity index is 1720. The third-order valence-corrected chi connectivity index (χ3v) is 8.98. The molecule has 0 fully saturated rings. The summed E-state index contributed by atoms with van der Waals surface area (Å²) in [5.41, 5.74) is 1.96. The van der Waals surface area contributed by atoms with Crippen LogP contribution in [0.5, 0.6) is 0 Å². The summed E-state index contributed by atoms with van der Waals surface area (Å²) in [6, 6.07) is 21.1. The molecular weight excluding hydrogens is 580 g/mol. The number of aliphatic hydroxyl groups excluding tert-OH is 1. The summed E-state index contributed by atoms with van der Waals surface area (Å²) in [7, 11) is -3.74. The number of carbonyl (C=O) groups excluding carboxylic acids is 1. The summed E-state index contributed by atoms with van der Waals surface area (Å²) in [5.74, 6) is -1.74. The zero-order valence-electron chi connectivity index (χ0n) is 25.3. The standard InChI is InChI=1S/C33H40N4O6S/c1-22(2)30(32(40)41)35-31(39)25-13-14-28-23(19-25)15-17-37(28)18-16-33(3,4)34-21-29(38)24-9-8-10-26(20-24)36-44(42,43)27-11-6-5-7-12-27/h5-15,17,19-20,22,29-30,34,36,38H,16,18,21H2,1-4H3,(H,35,39)(H,40,41). The van der Waals surface area contributed by atoms with Gasteiger partial charge in [0.2, 0.25) is 0 Å². The number of benzene rings is 3. The molecule has 2 unspecified atom stereocenters. The second-order valence-electron chi connectivity index (χ2n) is 11.9. The van der Waals surface area contributed by atoms with Crippen molar-refractivity contribution in [3.63, 3.8) is 0 Å². The minimum atomic E-state index is -3.74. The molecule has 3 aromatic carbocycles. The Labute approximate surface area is 258 Å². The van der Waals surface area contributed by atoms with E-state index in [0.29, 0.717) is 23.4 Å². The van der Waals surface area contributed by atoms with Gasteiger partial charge in [0.25, 0.3) is 15.9 Å². The highest BCUT2D eigenvalue weighted by Gasteiger charge is 2.24. The number of carboxylic acid groups (broad SMARTS) is 1. The van der Waals surface area contributed by atoms with Crippen LogP contribution in [0, 0.1) is 5.92 Å². The summed E-state index contributed by atoms with van der Waals surface area (Å²) in [6.45, 7) is 8.53. The fourth-order valence-corrected chi connectivity index (χ4v) is 5.95. The van der Waals surface area contributed by atoms with Crippen LogP contribution in [0.3, 0.4) is 0 Å². The van der Waals surface area contributed by atoms with Crippen molar-refractivity contribution in [3.8, 4) is 0 Å². The van der Waals surface area contributed by atoms with Crippen molar-refractivity contribution >= 4 is 38.5 Å². The van der Waals surface area contributed by atoms with Gasteiger partial charge in [0.1, 0.15) is 6.04 Å². The molecule has 0 aliphatic carbocycles. The molecule has 0 bridgehead atoms. The summed E-state index contributed by atoms with van der Waals surface area (Å²) < 4.78 is 30.1. The number of aryl methyl sites for hydroxylation is 1. The van der Waals surface area contributed by atoms with Gasteiger partial charge in [-0.15, -0.1) is 0 Å². The van der Waals surface area contributed by atoms with Crippen molar-refractivity contribution in [2.75, 3.05) is 11.3 Å². The van der Waals surface area contributed by atoms with Crippen molar-refractivity contribution in [1.82, 2.24) is 15.2 Å². The zero-order chi connectivity index (χ0) is 32.1. The van der Waals surface area contributed by atoms with Crippen LogP contribution in [0.15, 0.2) is 90.0 Å². The van der Waals surface area contributed by atoms with Crippen molar-refractivity contribution < 1.29 is 28.2 Å². The number of aromatic nitrogens is 1. The maximum absolute atomic E-state index is 12.7. The van der Waals surface area contributed by atoms with Crippen LogP contribution in [0.1, 0.15) is 56.1 Å². The Morgan fingerprint density at radius 3 is 2.36 bits per heavy atom. The van der Waals surface area contributed by atoms with E-state index in [0.717, 1.165) is 17.3 Å². The molecule has 4 rings (SSSR count). The lowest BCUT2D eigenvalue weighted by Crippen LogP contribution is -2.44. The van der Waals surface area contributed by atoms with Gasteiger partial charge in [-0.05, 0) is 80.3 Å².